The number of nitrogens with zero attached hydrogens (tertiary/aromatic N) is 1. The maximum atomic E-state index is 11.1. The fourth-order valence-corrected chi connectivity index (χ4v) is 1.98. The van der Waals surface area contributed by atoms with E-state index in [9.17, 15) is 4.79 Å². The minimum absolute atomic E-state index is 0.336. The number of hydrogen-bond donors (Lipinski definition) is 2. The molecule has 1 aromatic carbocycles. The molecule has 0 aromatic heterocycles. The van der Waals surface area contributed by atoms with Gasteiger partial charge in [-0.2, -0.15) is 0 Å². The standard InChI is InChI=1S/C12H16N2O2/c1-2-14(9-4-5-9)11-7-8(13)3-6-10(11)12(15)16/h3,6-7,9H,2,4-5,13H2,1H3,(H,15,16). The zero-order valence-electron chi connectivity index (χ0n) is 9.31. The van der Waals surface area contributed by atoms with Gasteiger partial charge in [-0.25, -0.2) is 4.79 Å². The molecule has 0 amide bonds. The van der Waals surface area contributed by atoms with Gasteiger partial charge in [-0.15, -0.1) is 0 Å². The number of nitrogens with two attached hydrogens (primary N) is 1. The molecule has 0 heterocycles. The number of aromatic carboxylic acids is 1. The lowest BCUT2D eigenvalue weighted by Crippen LogP contribution is -2.27. The molecule has 1 aliphatic carbocycles. The van der Waals surface area contributed by atoms with Crippen molar-refractivity contribution in [1.82, 2.24) is 0 Å². The number of anilines is 2. The molecule has 0 atom stereocenters. The molecule has 0 saturated heterocycles. The van der Waals surface area contributed by atoms with Crippen molar-refractivity contribution in [2.24, 2.45) is 0 Å². The molecule has 1 fully saturated rings. The van der Waals surface area contributed by atoms with E-state index in [0.717, 1.165) is 25.1 Å². The highest BCUT2D eigenvalue weighted by atomic mass is 16.4. The van der Waals surface area contributed by atoms with Crippen molar-refractivity contribution in [3.05, 3.63) is 23.8 Å². The Hall–Kier alpha value is -1.71. The molecule has 16 heavy (non-hydrogen) atoms. The van der Waals surface area contributed by atoms with E-state index in [-0.39, 0.29) is 0 Å². The number of benzene rings is 1. The maximum absolute atomic E-state index is 11.1. The van der Waals surface area contributed by atoms with Crippen molar-refractivity contribution in [2.45, 2.75) is 25.8 Å². The molecule has 2 rings (SSSR count). The third-order valence-electron chi connectivity index (χ3n) is 2.89. The topological polar surface area (TPSA) is 66.6 Å². The molecule has 0 bridgehead atoms. The van der Waals surface area contributed by atoms with Crippen LogP contribution in [0.2, 0.25) is 0 Å². The van der Waals surface area contributed by atoms with Crippen LogP contribution in [0, 0.1) is 0 Å². The first kappa shape index (κ1) is 10.8. The van der Waals surface area contributed by atoms with Gasteiger partial charge in [0.1, 0.15) is 0 Å². The molecule has 0 radical (unpaired) electrons. The van der Waals surface area contributed by atoms with Crippen molar-refractivity contribution >= 4 is 17.3 Å². The highest BCUT2D eigenvalue weighted by molar-refractivity contribution is 5.95. The lowest BCUT2D eigenvalue weighted by atomic mass is 10.1. The minimum atomic E-state index is -0.894. The van der Waals surface area contributed by atoms with Crippen LogP contribution in [0.3, 0.4) is 0 Å². The minimum Gasteiger partial charge on any atom is -0.478 e. The first-order valence-electron chi connectivity index (χ1n) is 5.53. The van der Waals surface area contributed by atoms with Gasteiger partial charge in [0.25, 0.3) is 0 Å². The van der Waals surface area contributed by atoms with Crippen molar-refractivity contribution in [3.8, 4) is 0 Å². The summed E-state index contributed by atoms with van der Waals surface area (Å²) < 4.78 is 0. The van der Waals surface area contributed by atoms with Crippen molar-refractivity contribution in [1.29, 1.82) is 0 Å². The van der Waals surface area contributed by atoms with Crippen LogP contribution >= 0.6 is 0 Å². The van der Waals surface area contributed by atoms with E-state index in [1.54, 1.807) is 18.2 Å². The molecule has 1 aliphatic rings. The van der Waals surface area contributed by atoms with E-state index >= 15 is 0 Å². The van der Waals surface area contributed by atoms with Crippen molar-refractivity contribution < 1.29 is 9.90 Å². The van der Waals surface area contributed by atoms with Crippen molar-refractivity contribution in [3.63, 3.8) is 0 Å². The van der Waals surface area contributed by atoms with Gasteiger partial charge in [-0.1, -0.05) is 0 Å². The van der Waals surface area contributed by atoms with E-state index in [1.807, 2.05) is 6.92 Å². The predicted molar refractivity (Wildman–Crippen MR) is 63.9 cm³/mol. The van der Waals surface area contributed by atoms with Crippen LogP contribution in [0.15, 0.2) is 18.2 Å². The van der Waals surface area contributed by atoms with Crippen LogP contribution in [-0.4, -0.2) is 23.7 Å². The molecule has 0 aliphatic heterocycles. The molecule has 0 unspecified atom stereocenters. The average Bonchev–Trinajstić information content (AvgIpc) is 3.03. The van der Waals surface area contributed by atoms with Gasteiger partial charge in [0.05, 0.1) is 11.3 Å². The molecule has 86 valence electrons. The summed E-state index contributed by atoms with van der Waals surface area (Å²) in [7, 11) is 0. The first-order chi connectivity index (χ1) is 7.63. The summed E-state index contributed by atoms with van der Waals surface area (Å²) >= 11 is 0. The average molecular weight is 220 g/mol. The lowest BCUT2D eigenvalue weighted by molar-refractivity contribution is 0.0697. The summed E-state index contributed by atoms with van der Waals surface area (Å²) in [4.78, 5) is 13.3. The Bertz CT molecular complexity index is 413. The zero-order valence-corrected chi connectivity index (χ0v) is 9.31. The van der Waals surface area contributed by atoms with Gasteiger partial charge >= 0.3 is 5.97 Å². The van der Waals surface area contributed by atoms with E-state index in [1.165, 1.54) is 0 Å². The third kappa shape index (κ3) is 1.96. The fraction of sp³-hybridized carbons (Fsp3) is 0.417. The summed E-state index contributed by atoms with van der Waals surface area (Å²) in [6, 6.07) is 5.46. The van der Waals surface area contributed by atoms with Gasteiger partial charge in [0.15, 0.2) is 0 Å². The SMILES string of the molecule is CCN(c1cc(N)ccc1C(=O)O)C1CC1. The number of carboxylic acids is 1. The van der Waals surface area contributed by atoms with Gasteiger partial charge in [-0.3, -0.25) is 0 Å². The smallest absolute Gasteiger partial charge is 0.337 e. The van der Waals surface area contributed by atoms with Gasteiger partial charge < -0.3 is 15.7 Å². The molecule has 3 N–H and O–H groups in total. The number of hydrogen-bond acceptors (Lipinski definition) is 3. The molecule has 4 heteroatoms. The fourth-order valence-electron chi connectivity index (χ4n) is 1.98. The van der Waals surface area contributed by atoms with Crippen LogP contribution in [-0.2, 0) is 0 Å². The third-order valence-corrected chi connectivity index (χ3v) is 2.89. The highest BCUT2D eigenvalue weighted by Crippen LogP contribution is 2.34. The second-order valence-corrected chi connectivity index (χ2v) is 4.10. The van der Waals surface area contributed by atoms with E-state index in [0.29, 0.717) is 17.3 Å². The second kappa shape index (κ2) is 4.04. The van der Waals surface area contributed by atoms with Crippen molar-refractivity contribution in [2.75, 3.05) is 17.2 Å². The summed E-state index contributed by atoms with van der Waals surface area (Å²) in [5.74, 6) is -0.894. The lowest BCUT2D eigenvalue weighted by Gasteiger charge is -2.24. The zero-order chi connectivity index (χ0) is 11.7. The first-order valence-corrected chi connectivity index (χ1v) is 5.53. The van der Waals surface area contributed by atoms with Gasteiger partial charge in [0, 0.05) is 18.3 Å². The Labute approximate surface area is 94.7 Å². The normalized spacial score (nSPS) is 14.8. The number of carboxylic acid groups (broad SMARTS) is 1. The number of carbonyl (C=O) groups is 1. The van der Waals surface area contributed by atoms with Gasteiger partial charge in [0.2, 0.25) is 0 Å². The molecular weight excluding hydrogens is 204 g/mol. The summed E-state index contributed by atoms with van der Waals surface area (Å²) in [6.45, 7) is 2.85. The predicted octanol–water partition coefficient (Wildman–Crippen LogP) is 1.96. The van der Waals surface area contributed by atoms with E-state index in [2.05, 4.69) is 4.90 Å². The Balaban J connectivity index is 2.42. The Kier molecular flexibility index (Phi) is 2.73. The Morgan fingerprint density at radius 1 is 1.56 bits per heavy atom. The Morgan fingerprint density at radius 3 is 2.75 bits per heavy atom. The molecular formula is C12H16N2O2. The van der Waals surface area contributed by atoms with Gasteiger partial charge in [-0.05, 0) is 38.0 Å². The number of rotatable bonds is 4. The highest BCUT2D eigenvalue weighted by Gasteiger charge is 2.30. The van der Waals surface area contributed by atoms with Crippen LogP contribution in [0.4, 0.5) is 11.4 Å². The van der Waals surface area contributed by atoms with Crippen LogP contribution in [0.5, 0.6) is 0 Å². The van der Waals surface area contributed by atoms with E-state index in [4.69, 9.17) is 10.8 Å². The number of nitrogen functional groups attached to an aromatic ring is 1. The van der Waals surface area contributed by atoms with Crippen LogP contribution in [0.1, 0.15) is 30.1 Å². The summed E-state index contributed by atoms with van der Waals surface area (Å²) in [5, 5.41) is 9.14. The maximum Gasteiger partial charge on any atom is 0.337 e. The van der Waals surface area contributed by atoms with Crippen LogP contribution in [0.25, 0.3) is 0 Å². The van der Waals surface area contributed by atoms with Crippen LogP contribution < -0.4 is 10.6 Å². The summed E-state index contributed by atoms with van der Waals surface area (Å²) in [6.07, 6.45) is 2.28. The molecule has 4 nitrogen and oxygen atoms in total. The second-order valence-electron chi connectivity index (χ2n) is 4.10. The van der Waals surface area contributed by atoms with E-state index < -0.39 is 5.97 Å². The molecule has 1 aromatic rings. The largest absolute Gasteiger partial charge is 0.478 e. The summed E-state index contributed by atoms with van der Waals surface area (Å²) in [5.41, 5.74) is 7.42. The Morgan fingerprint density at radius 2 is 2.25 bits per heavy atom. The quantitative estimate of drug-likeness (QED) is 0.761. The molecule has 1 saturated carbocycles. The molecule has 0 spiro atoms. The monoisotopic (exact) mass is 220 g/mol.